The molecule has 48 heavy (non-hydrogen) atoms. The molecule has 2 aromatic carbocycles. The van der Waals surface area contributed by atoms with Gasteiger partial charge in [-0.2, -0.15) is 0 Å². The molecular weight excluding hydrogens is 637 g/mol. The summed E-state index contributed by atoms with van der Waals surface area (Å²) >= 11 is 0. The molecule has 1 spiro atoms. The number of fused-ring (bicyclic) bond motifs is 2. The number of esters is 1. The fourth-order valence-electron chi connectivity index (χ4n) is 12.5. The van der Waals surface area contributed by atoms with Crippen LogP contribution < -0.4 is 0 Å². The molecule has 11 heteroatoms. The predicted octanol–water partition coefficient (Wildman–Crippen LogP) is 4.00. The molecule has 2 aromatic rings. The zero-order valence-corrected chi connectivity index (χ0v) is 28.8. The Hall–Kier alpha value is -2.41. The lowest BCUT2D eigenvalue weighted by Gasteiger charge is -2.70. The molecule has 0 aromatic heterocycles. The first-order valence-electron chi connectivity index (χ1n) is 17.4. The van der Waals surface area contributed by atoms with Gasteiger partial charge in [0.2, 0.25) is 0 Å². The van der Waals surface area contributed by atoms with Crippen LogP contribution in [0.5, 0.6) is 0 Å². The number of sulfone groups is 1. The van der Waals surface area contributed by atoms with E-state index in [1.165, 1.54) is 12.1 Å². The summed E-state index contributed by atoms with van der Waals surface area (Å²) in [4.78, 5) is 16.7. The molecule has 1 aliphatic heterocycles. The van der Waals surface area contributed by atoms with Crippen LogP contribution in [0.4, 0.5) is 4.39 Å². The predicted molar refractivity (Wildman–Crippen MR) is 173 cm³/mol. The third kappa shape index (κ3) is 3.94. The van der Waals surface area contributed by atoms with E-state index in [4.69, 9.17) is 14.2 Å². The van der Waals surface area contributed by atoms with Crippen molar-refractivity contribution in [1.29, 1.82) is 0 Å². The third-order valence-electron chi connectivity index (χ3n) is 14.0. The fraction of sp³-hybridized carbons (Fsp3) is 0.649. The zero-order chi connectivity index (χ0) is 34.0. The maximum absolute atomic E-state index is 14.4. The molecule has 8 rings (SSSR count). The second-order valence-corrected chi connectivity index (χ2v) is 17.5. The number of ether oxygens (including phenoxy) is 3. The molecule has 4 unspecified atom stereocenters. The van der Waals surface area contributed by atoms with Crippen LogP contribution in [0, 0.1) is 40.8 Å². The third-order valence-corrected chi connectivity index (χ3v) is 15.7. The number of methoxy groups -OCH3 is 2. The summed E-state index contributed by atoms with van der Waals surface area (Å²) < 4.78 is 59.5. The first-order valence-corrected chi connectivity index (χ1v) is 19.0. The molecule has 5 saturated carbocycles. The average molecular weight is 684 g/mol. The quantitative estimate of drug-likeness (QED) is 0.314. The normalized spacial score (nSPS) is 44.1. The van der Waals surface area contributed by atoms with Crippen LogP contribution in [0.3, 0.4) is 0 Å². The smallest absolute Gasteiger partial charge is 0.339 e. The number of likely N-dealkylation sites (N-methyl/N-ethyl adjacent to an activating group) is 1. The van der Waals surface area contributed by atoms with Crippen molar-refractivity contribution in [1.82, 2.24) is 4.90 Å². The number of benzene rings is 2. The summed E-state index contributed by atoms with van der Waals surface area (Å²) in [5.41, 5.74) is -3.87. The lowest BCUT2D eigenvalue weighted by molar-refractivity contribution is -0.335. The summed E-state index contributed by atoms with van der Waals surface area (Å²) in [5, 5.41) is 25.8. The van der Waals surface area contributed by atoms with Crippen LogP contribution in [0.2, 0.25) is 0 Å². The average Bonchev–Trinajstić information content (AvgIpc) is 3.49. The van der Waals surface area contributed by atoms with Gasteiger partial charge in [-0.1, -0.05) is 32.0 Å². The number of aliphatic hydroxyl groups is 2. The summed E-state index contributed by atoms with van der Waals surface area (Å²) in [6.45, 7) is 5.42. The second kappa shape index (κ2) is 10.8. The van der Waals surface area contributed by atoms with Gasteiger partial charge in [0, 0.05) is 50.0 Å². The SMILES string of the molecule is CCN1C[C@]2(OC(=O)c3ccccc3CS(=O)(=O)c3ccc(F)cc3)CC[C@H](OC)C34C2CC([C@@H]13)[C@@]1(O)C[C@H](C)[C@H]2CC4[C@]1(O)[C@H]2OC. The number of piperidine rings is 1. The van der Waals surface area contributed by atoms with Crippen molar-refractivity contribution in [2.45, 2.75) is 91.7 Å². The van der Waals surface area contributed by atoms with Crippen LogP contribution in [0.25, 0.3) is 0 Å². The highest BCUT2D eigenvalue weighted by Gasteiger charge is 2.88. The molecule has 0 radical (unpaired) electrons. The number of carbonyl (C=O) groups is 1. The van der Waals surface area contributed by atoms with Gasteiger partial charge in [-0.25, -0.2) is 17.6 Å². The van der Waals surface area contributed by atoms with Crippen molar-refractivity contribution >= 4 is 15.8 Å². The molecule has 0 amide bonds. The van der Waals surface area contributed by atoms with Gasteiger partial charge in [0.15, 0.2) is 9.84 Å². The Balaban J connectivity index is 1.20. The van der Waals surface area contributed by atoms with E-state index in [-0.39, 0.29) is 52.2 Å². The van der Waals surface area contributed by atoms with E-state index < -0.39 is 55.7 Å². The van der Waals surface area contributed by atoms with E-state index in [9.17, 15) is 27.8 Å². The highest BCUT2D eigenvalue weighted by Crippen LogP contribution is 2.79. The Morgan fingerprint density at radius 2 is 1.77 bits per heavy atom. The highest BCUT2D eigenvalue weighted by atomic mass is 32.2. The molecular formula is C37H46FNO8S. The van der Waals surface area contributed by atoms with Crippen molar-refractivity contribution in [3.05, 3.63) is 65.5 Å². The van der Waals surface area contributed by atoms with Gasteiger partial charge >= 0.3 is 5.97 Å². The molecule has 260 valence electrons. The van der Waals surface area contributed by atoms with Crippen LogP contribution in [-0.2, 0) is 29.8 Å². The number of rotatable bonds is 8. The van der Waals surface area contributed by atoms with E-state index in [1.54, 1.807) is 38.5 Å². The number of likely N-dealkylation sites (tertiary alicyclic amines) is 1. The molecule has 1 heterocycles. The minimum absolute atomic E-state index is 0.0272. The van der Waals surface area contributed by atoms with Gasteiger partial charge in [-0.3, -0.25) is 4.90 Å². The Morgan fingerprint density at radius 3 is 2.46 bits per heavy atom. The topological polar surface area (TPSA) is 123 Å². The van der Waals surface area contributed by atoms with Crippen LogP contribution >= 0.6 is 0 Å². The van der Waals surface area contributed by atoms with Crippen molar-refractivity contribution in [2.75, 3.05) is 27.3 Å². The summed E-state index contributed by atoms with van der Waals surface area (Å²) in [6, 6.07) is 11.2. The summed E-state index contributed by atoms with van der Waals surface area (Å²) in [7, 11) is -0.519. The lowest BCUT2D eigenvalue weighted by atomic mass is 9.43. The number of halogens is 1. The molecule has 5 aliphatic carbocycles. The van der Waals surface area contributed by atoms with Crippen molar-refractivity contribution in [3.63, 3.8) is 0 Å². The standard InChI is InChI=1S/C37H46FNO8S/c1-5-39-20-34(47-33(40)25-9-7-6-8-22(25)19-48(43,44)24-12-10-23(38)11-13-24)15-14-30(45-3)36-28(34)17-27(31(36)39)35(41)18-21(2)26-16-29(36)37(35,42)32(26)46-4/h6-13,21,26-32,41-42H,5,14-20H2,1-4H3/t21-,26+,27?,28?,29?,30-,31+,32-,34+,35-,36?,37-/m0/s1. The van der Waals surface area contributed by atoms with Gasteiger partial charge in [-0.05, 0) is 86.4 Å². The van der Waals surface area contributed by atoms with Gasteiger partial charge in [0.25, 0.3) is 0 Å². The maximum Gasteiger partial charge on any atom is 0.339 e. The van der Waals surface area contributed by atoms with Gasteiger partial charge in [0.1, 0.15) is 22.6 Å². The largest absolute Gasteiger partial charge is 0.454 e. The van der Waals surface area contributed by atoms with E-state index in [0.717, 1.165) is 12.1 Å². The molecule has 6 fully saturated rings. The van der Waals surface area contributed by atoms with Gasteiger partial charge < -0.3 is 24.4 Å². The maximum atomic E-state index is 14.4. The second-order valence-electron chi connectivity index (χ2n) is 15.5. The van der Waals surface area contributed by atoms with Crippen LogP contribution in [0.15, 0.2) is 53.4 Å². The van der Waals surface area contributed by atoms with Crippen molar-refractivity contribution in [2.24, 2.45) is 35.0 Å². The van der Waals surface area contributed by atoms with E-state index in [0.29, 0.717) is 50.8 Å². The Kier molecular flexibility index (Phi) is 7.37. The molecule has 7 bridgehead atoms. The molecule has 9 nitrogen and oxygen atoms in total. The van der Waals surface area contributed by atoms with E-state index in [1.807, 2.05) is 0 Å². The number of carbonyl (C=O) groups excluding carboxylic acids is 1. The Bertz CT molecular complexity index is 1740. The Morgan fingerprint density at radius 1 is 1.04 bits per heavy atom. The Labute approximate surface area is 281 Å². The monoisotopic (exact) mass is 683 g/mol. The van der Waals surface area contributed by atoms with Crippen LogP contribution in [-0.4, -0.2) is 91.9 Å². The van der Waals surface area contributed by atoms with Gasteiger partial charge in [0.05, 0.1) is 28.4 Å². The molecule has 1 saturated heterocycles. The lowest BCUT2D eigenvalue weighted by Crippen LogP contribution is -2.83. The zero-order valence-electron chi connectivity index (χ0n) is 28.0. The first kappa shape index (κ1) is 32.8. The minimum Gasteiger partial charge on any atom is -0.454 e. The summed E-state index contributed by atoms with van der Waals surface area (Å²) in [6.07, 6.45) is 2.24. The molecule has 12 atom stereocenters. The minimum atomic E-state index is -3.89. The highest BCUT2D eigenvalue weighted by molar-refractivity contribution is 7.90. The first-order chi connectivity index (χ1) is 22.8. The van der Waals surface area contributed by atoms with Gasteiger partial charge in [-0.15, -0.1) is 0 Å². The number of hydrogen-bond donors (Lipinski definition) is 2. The fourth-order valence-corrected chi connectivity index (χ4v) is 13.9. The number of hydrogen-bond acceptors (Lipinski definition) is 9. The number of nitrogens with zero attached hydrogens (tertiary/aromatic N) is 1. The summed E-state index contributed by atoms with van der Waals surface area (Å²) in [5.74, 6) is -2.09. The van der Waals surface area contributed by atoms with E-state index in [2.05, 4.69) is 18.7 Å². The van der Waals surface area contributed by atoms with E-state index >= 15 is 0 Å². The van der Waals surface area contributed by atoms with Crippen LogP contribution in [0.1, 0.15) is 61.9 Å². The molecule has 6 aliphatic rings. The van der Waals surface area contributed by atoms with Crippen molar-refractivity contribution < 1.29 is 42.0 Å². The van der Waals surface area contributed by atoms with Crippen molar-refractivity contribution in [3.8, 4) is 0 Å². The molecule has 2 N–H and O–H groups in total.